The van der Waals surface area contributed by atoms with Crippen LogP contribution < -0.4 is 0 Å². The van der Waals surface area contributed by atoms with Crippen molar-refractivity contribution in [2.45, 2.75) is 39.9 Å². The molecule has 1 aromatic carbocycles. The van der Waals surface area contributed by atoms with Crippen LogP contribution in [0.1, 0.15) is 54.7 Å². The third kappa shape index (κ3) is 4.01. The van der Waals surface area contributed by atoms with Crippen molar-refractivity contribution in [2.24, 2.45) is 0 Å². The molecular formula is C15H19ClO3S. The second-order valence-electron chi connectivity index (χ2n) is 4.88. The number of benzene rings is 1. The number of carbonyl (C=O) groups excluding carboxylic acids is 1. The minimum atomic E-state index is -1.96. The highest BCUT2D eigenvalue weighted by Crippen LogP contribution is 2.28. The molecule has 0 bridgehead atoms. The van der Waals surface area contributed by atoms with Gasteiger partial charge < -0.3 is 4.55 Å². The van der Waals surface area contributed by atoms with Crippen LogP contribution in [0.4, 0.5) is 0 Å². The van der Waals surface area contributed by atoms with Gasteiger partial charge in [0.1, 0.15) is 0 Å². The number of halogens is 1. The Kier molecular flexibility index (Phi) is 6.11. The Morgan fingerprint density at radius 1 is 1.20 bits per heavy atom. The molecule has 0 saturated carbocycles. The molecule has 110 valence electrons. The molecule has 1 atom stereocenters. The fourth-order valence-corrected chi connectivity index (χ4v) is 2.72. The predicted molar refractivity (Wildman–Crippen MR) is 84.4 cm³/mol. The largest absolute Gasteiger partial charge is 0.306 e. The zero-order chi connectivity index (χ0) is 15.4. The number of allylic oxidation sites excluding steroid dienone is 2. The molecule has 0 amide bonds. The number of rotatable bonds is 5. The summed E-state index contributed by atoms with van der Waals surface area (Å²) in [4.78, 5) is 11.5. The van der Waals surface area contributed by atoms with E-state index in [1.807, 2.05) is 33.8 Å². The summed E-state index contributed by atoms with van der Waals surface area (Å²) in [6.45, 7) is 7.89. The lowest BCUT2D eigenvalue weighted by molar-refractivity contribution is 0.108. The number of hydrogen-bond acceptors (Lipinski definition) is 2. The maximum absolute atomic E-state index is 11.5. The van der Waals surface area contributed by atoms with Gasteiger partial charge in [-0.15, -0.1) is 0 Å². The lowest BCUT2D eigenvalue weighted by Gasteiger charge is -2.15. The third-order valence-electron chi connectivity index (χ3n) is 3.35. The van der Waals surface area contributed by atoms with Crippen LogP contribution in [-0.4, -0.2) is 14.0 Å². The standard InChI is InChI=1S/C15H19ClO3S/c1-5-11-6-13(10(4)9(2)3)12(8-20(18)19)7-14(11)15(16)17/h6-7H,5,8H2,1-4H3,(H,18,19). The van der Waals surface area contributed by atoms with Gasteiger partial charge in [0.25, 0.3) is 5.24 Å². The molecule has 1 N–H and O–H groups in total. The molecule has 0 heterocycles. The van der Waals surface area contributed by atoms with Gasteiger partial charge in [-0.1, -0.05) is 18.6 Å². The summed E-state index contributed by atoms with van der Waals surface area (Å²) in [5.74, 6) is -0.0128. The molecule has 0 aliphatic carbocycles. The van der Waals surface area contributed by atoms with Crippen LogP contribution in [0, 0.1) is 0 Å². The molecule has 3 nitrogen and oxygen atoms in total. The number of aryl methyl sites for hydroxylation is 1. The summed E-state index contributed by atoms with van der Waals surface area (Å²) < 4.78 is 20.3. The van der Waals surface area contributed by atoms with E-state index in [0.717, 1.165) is 22.3 Å². The van der Waals surface area contributed by atoms with E-state index in [9.17, 15) is 9.00 Å². The SMILES string of the molecule is CCc1cc(C(C)=C(C)C)c(CS(=O)O)cc1C(=O)Cl. The topological polar surface area (TPSA) is 54.4 Å². The summed E-state index contributed by atoms with van der Waals surface area (Å²) in [7, 11) is 0. The smallest absolute Gasteiger partial charge is 0.252 e. The first-order chi connectivity index (χ1) is 9.27. The van der Waals surface area contributed by atoms with E-state index in [1.165, 1.54) is 0 Å². The van der Waals surface area contributed by atoms with Crippen molar-refractivity contribution in [3.05, 3.63) is 40.0 Å². The van der Waals surface area contributed by atoms with Crippen LogP contribution in [0.2, 0.25) is 0 Å². The van der Waals surface area contributed by atoms with Gasteiger partial charge >= 0.3 is 0 Å². The van der Waals surface area contributed by atoms with Crippen molar-refractivity contribution in [3.8, 4) is 0 Å². The van der Waals surface area contributed by atoms with Crippen LogP contribution in [0.25, 0.3) is 5.57 Å². The maximum atomic E-state index is 11.5. The van der Waals surface area contributed by atoms with Gasteiger partial charge in [-0.3, -0.25) is 4.79 Å². The average Bonchev–Trinajstić information content (AvgIpc) is 2.36. The van der Waals surface area contributed by atoms with Gasteiger partial charge in [-0.05, 0) is 67.1 Å². The molecule has 20 heavy (non-hydrogen) atoms. The molecule has 0 aliphatic heterocycles. The Morgan fingerprint density at radius 3 is 2.15 bits per heavy atom. The maximum Gasteiger partial charge on any atom is 0.252 e. The van der Waals surface area contributed by atoms with Crippen molar-refractivity contribution >= 4 is 33.5 Å². The first-order valence-corrected chi connectivity index (χ1v) is 8.00. The highest BCUT2D eigenvalue weighted by molar-refractivity contribution is 7.78. The summed E-state index contributed by atoms with van der Waals surface area (Å²) in [6, 6.07) is 3.55. The summed E-state index contributed by atoms with van der Waals surface area (Å²) in [6.07, 6.45) is 0.680. The molecular weight excluding hydrogens is 296 g/mol. The van der Waals surface area contributed by atoms with E-state index in [-0.39, 0.29) is 5.75 Å². The van der Waals surface area contributed by atoms with Gasteiger partial charge in [-0.25, -0.2) is 4.21 Å². The normalized spacial score (nSPS) is 12.1. The Bertz CT molecular complexity index is 587. The van der Waals surface area contributed by atoms with Crippen LogP contribution >= 0.6 is 11.6 Å². The quantitative estimate of drug-likeness (QED) is 0.655. The average molecular weight is 315 g/mol. The molecule has 1 aromatic rings. The van der Waals surface area contributed by atoms with E-state index in [4.69, 9.17) is 16.2 Å². The highest BCUT2D eigenvalue weighted by Gasteiger charge is 2.16. The van der Waals surface area contributed by atoms with Crippen LogP contribution in [0.5, 0.6) is 0 Å². The Hall–Kier alpha value is -0.970. The second-order valence-corrected chi connectivity index (χ2v) is 6.16. The van der Waals surface area contributed by atoms with E-state index in [1.54, 1.807) is 6.07 Å². The van der Waals surface area contributed by atoms with Gasteiger partial charge in [0.15, 0.2) is 11.1 Å². The molecule has 0 fully saturated rings. The number of carbonyl (C=O) groups is 1. The summed E-state index contributed by atoms with van der Waals surface area (Å²) in [5, 5.41) is -0.534. The molecule has 5 heteroatoms. The Morgan fingerprint density at radius 2 is 1.75 bits per heavy atom. The van der Waals surface area contributed by atoms with E-state index in [0.29, 0.717) is 17.5 Å². The van der Waals surface area contributed by atoms with Gasteiger partial charge in [0.05, 0.1) is 5.75 Å². The van der Waals surface area contributed by atoms with Crippen molar-refractivity contribution < 1.29 is 13.6 Å². The van der Waals surface area contributed by atoms with Crippen LogP contribution in [-0.2, 0) is 23.3 Å². The van der Waals surface area contributed by atoms with Crippen molar-refractivity contribution in [2.75, 3.05) is 0 Å². The molecule has 0 radical (unpaired) electrons. The van der Waals surface area contributed by atoms with E-state index in [2.05, 4.69) is 0 Å². The summed E-state index contributed by atoms with van der Waals surface area (Å²) in [5.41, 5.74) is 5.03. The van der Waals surface area contributed by atoms with Gasteiger partial charge in [0, 0.05) is 5.56 Å². The predicted octanol–water partition coefficient (Wildman–Crippen LogP) is 4.16. The van der Waals surface area contributed by atoms with Crippen LogP contribution in [0.15, 0.2) is 17.7 Å². The zero-order valence-corrected chi connectivity index (χ0v) is 13.7. The lowest BCUT2D eigenvalue weighted by atomic mass is 9.92. The first-order valence-electron chi connectivity index (χ1n) is 6.35. The summed E-state index contributed by atoms with van der Waals surface area (Å²) >= 11 is 3.64. The molecule has 0 saturated heterocycles. The molecule has 0 aliphatic rings. The Balaban J connectivity index is 3.59. The molecule has 1 unspecified atom stereocenters. The van der Waals surface area contributed by atoms with E-state index >= 15 is 0 Å². The monoisotopic (exact) mass is 314 g/mol. The van der Waals surface area contributed by atoms with Gasteiger partial charge in [-0.2, -0.15) is 0 Å². The Labute approximate surface area is 127 Å². The van der Waals surface area contributed by atoms with E-state index < -0.39 is 16.3 Å². The van der Waals surface area contributed by atoms with Crippen LogP contribution in [0.3, 0.4) is 0 Å². The number of hydrogen-bond donors (Lipinski definition) is 1. The highest BCUT2D eigenvalue weighted by atomic mass is 35.5. The van der Waals surface area contributed by atoms with Gasteiger partial charge in [0.2, 0.25) is 0 Å². The zero-order valence-electron chi connectivity index (χ0n) is 12.1. The lowest BCUT2D eigenvalue weighted by Crippen LogP contribution is -2.05. The van der Waals surface area contributed by atoms with Crippen molar-refractivity contribution in [3.63, 3.8) is 0 Å². The first kappa shape index (κ1) is 17.1. The third-order valence-corrected chi connectivity index (χ3v) is 4.12. The minimum absolute atomic E-state index is 0.0128. The fraction of sp³-hybridized carbons (Fsp3) is 0.400. The molecule has 1 rings (SSSR count). The second kappa shape index (κ2) is 7.16. The minimum Gasteiger partial charge on any atom is -0.306 e. The van der Waals surface area contributed by atoms with Crippen molar-refractivity contribution in [1.29, 1.82) is 0 Å². The molecule has 0 spiro atoms. The van der Waals surface area contributed by atoms with Crippen molar-refractivity contribution in [1.82, 2.24) is 0 Å². The fourth-order valence-electron chi connectivity index (χ4n) is 2.04. The molecule has 0 aromatic heterocycles.